The Morgan fingerprint density at radius 1 is 0.531 bits per heavy atom. The van der Waals surface area contributed by atoms with Gasteiger partial charge >= 0.3 is 0 Å². The zero-order valence-corrected chi connectivity index (χ0v) is 49.8. The fourth-order valence-electron chi connectivity index (χ4n) is 11.7. The van der Waals surface area contributed by atoms with Gasteiger partial charge in [0.15, 0.2) is 11.6 Å². The molecule has 81 heavy (non-hydrogen) atoms. The Labute approximate surface area is 477 Å². The smallest absolute Gasteiger partial charge is 0.295 e. The Morgan fingerprint density at radius 2 is 0.988 bits per heavy atom. The molecular formula is C66H71N5O8S2. The average molecular weight is 1130 g/mol. The van der Waals surface area contributed by atoms with Crippen molar-refractivity contribution in [2.75, 3.05) is 53.2 Å². The van der Waals surface area contributed by atoms with E-state index in [1.54, 1.807) is 69.3 Å². The molecule has 15 heteroatoms. The van der Waals surface area contributed by atoms with Crippen LogP contribution in [0.5, 0.6) is 0 Å². The number of hydrogen-bond acceptors (Lipinski definition) is 11. The molecule has 0 spiro atoms. The molecule has 4 N–H and O–H groups in total. The van der Waals surface area contributed by atoms with Gasteiger partial charge in [0.05, 0.1) is 33.0 Å². The van der Waals surface area contributed by atoms with Crippen molar-refractivity contribution in [1.82, 2.24) is 0 Å². The SMILES string of the molecule is CC[NH+]=C1C=CC(=C(c2ccc(N(CC)CC)cc2)c2ccc(N(CC)CC)cc2C)c2ccccc21.Cc1cc(C)c(S(=O)(=O)[O-])c(C)c1Nc1ccc(Nc2c(C)cc(C)c(S(=O)(=O)O)c2C)c2c1C(=O)c1ccccc1C2=O. The second kappa shape index (κ2) is 24.0. The average Bonchev–Trinajstić information content (AvgIpc) is 3.43. The molecular weight excluding hydrogens is 1050 g/mol. The van der Waals surface area contributed by atoms with Gasteiger partial charge in [-0.25, -0.2) is 13.4 Å². The Morgan fingerprint density at radius 3 is 1.46 bits per heavy atom. The van der Waals surface area contributed by atoms with E-state index in [0.29, 0.717) is 28.1 Å². The van der Waals surface area contributed by atoms with Crippen LogP contribution in [0.25, 0.3) is 11.1 Å². The third-order valence-electron chi connectivity index (χ3n) is 15.4. The van der Waals surface area contributed by atoms with E-state index in [-0.39, 0.29) is 60.1 Å². The molecule has 0 fully saturated rings. The zero-order valence-electron chi connectivity index (χ0n) is 48.2. The first-order valence-electron chi connectivity index (χ1n) is 27.4. The number of carbonyl (C=O) groups excluding carboxylic acids is 2. The molecule has 420 valence electrons. The summed E-state index contributed by atoms with van der Waals surface area (Å²) in [6.45, 7) is 27.8. The fourth-order valence-corrected chi connectivity index (χ4v) is 13.5. The molecule has 2 aliphatic rings. The van der Waals surface area contributed by atoms with Crippen LogP contribution in [-0.2, 0) is 20.2 Å². The number of benzene rings is 7. The molecule has 0 amide bonds. The van der Waals surface area contributed by atoms with Gasteiger partial charge in [0.25, 0.3) is 10.1 Å². The van der Waals surface area contributed by atoms with Crippen molar-refractivity contribution in [3.63, 3.8) is 0 Å². The van der Waals surface area contributed by atoms with Crippen molar-refractivity contribution in [2.24, 2.45) is 0 Å². The highest BCUT2D eigenvalue weighted by Crippen LogP contribution is 2.43. The molecule has 9 rings (SSSR count). The number of aryl methyl sites for hydroxylation is 5. The lowest BCUT2D eigenvalue weighted by Crippen LogP contribution is -2.72. The van der Waals surface area contributed by atoms with Crippen LogP contribution in [-0.4, -0.2) is 75.9 Å². The lowest BCUT2D eigenvalue weighted by atomic mass is 9.82. The maximum Gasteiger partial charge on any atom is 0.295 e. The molecule has 13 nitrogen and oxygen atoms in total. The lowest BCUT2D eigenvalue weighted by molar-refractivity contribution is -0.450. The van der Waals surface area contributed by atoms with Crippen molar-refractivity contribution < 1.29 is 40.5 Å². The molecule has 0 aromatic heterocycles. The molecule has 0 saturated carbocycles. The van der Waals surface area contributed by atoms with Crippen LogP contribution in [0.1, 0.15) is 128 Å². The number of ketones is 2. The van der Waals surface area contributed by atoms with Crippen LogP contribution >= 0.6 is 0 Å². The third-order valence-corrected chi connectivity index (χ3v) is 17.6. The van der Waals surface area contributed by atoms with E-state index in [9.17, 15) is 35.5 Å². The first-order chi connectivity index (χ1) is 38.5. The van der Waals surface area contributed by atoms with E-state index < -0.39 is 31.8 Å². The summed E-state index contributed by atoms with van der Waals surface area (Å²) in [5, 5.41) is 6.27. The monoisotopic (exact) mass is 1130 g/mol. The number of anilines is 6. The standard InChI is InChI=1S/C34H41N3.C32H30N2O8S2/c1-7-35-33-23-22-32(30-14-12-13-15-31(30)33)34(26-16-18-27(19-17-26)36(8-2)9-3)29-21-20-28(24-25(29)6)37(10-4)11-5;1-15-13-17(3)31(43(37,38)39)19(5)27(15)33-23-11-12-24(26-25(23)29(35)21-9-7-8-10-22(21)30(26)36)34-28-16(2)14-18(4)32(20(28)6)44(40,41)42/h12-24H,7-11H2,1-6H3;7-14,33-34H,1-6H3,(H,37,38,39)(H,40,41,42). The predicted molar refractivity (Wildman–Crippen MR) is 327 cm³/mol. The van der Waals surface area contributed by atoms with Crippen LogP contribution in [0.3, 0.4) is 0 Å². The molecule has 0 radical (unpaired) electrons. The second-order valence-corrected chi connectivity index (χ2v) is 23.1. The van der Waals surface area contributed by atoms with Gasteiger partial charge in [-0.05, 0) is 198 Å². The Bertz CT molecular complexity index is 3830. The molecule has 7 aromatic rings. The van der Waals surface area contributed by atoms with Crippen LogP contribution < -0.4 is 25.4 Å². The van der Waals surface area contributed by atoms with E-state index in [2.05, 4.69) is 146 Å². The largest absolute Gasteiger partial charge is 0.744 e. The van der Waals surface area contributed by atoms with Crippen LogP contribution in [0, 0.1) is 48.5 Å². The van der Waals surface area contributed by atoms with E-state index in [1.807, 2.05) is 0 Å². The molecule has 0 heterocycles. The molecule has 0 aliphatic heterocycles. The molecule has 0 unspecified atom stereocenters. The topological polar surface area (TPSA) is 190 Å². The number of nitrogens with zero attached hydrogens (tertiary/aromatic N) is 2. The number of hydrogen-bond donors (Lipinski definition) is 4. The highest BCUT2D eigenvalue weighted by Gasteiger charge is 2.35. The van der Waals surface area contributed by atoms with Crippen molar-refractivity contribution in [1.29, 1.82) is 0 Å². The van der Waals surface area contributed by atoms with Gasteiger partial charge in [-0.3, -0.25) is 14.1 Å². The summed E-state index contributed by atoms with van der Waals surface area (Å²) in [6, 6.07) is 37.5. The summed E-state index contributed by atoms with van der Waals surface area (Å²) in [7, 11) is -9.40. The van der Waals surface area contributed by atoms with Crippen molar-refractivity contribution >= 4 is 82.8 Å². The number of rotatable bonds is 15. The van der Waals surface area contributed by atoms with E-state index in [1.165, 1.54) is 76.8 Å². The van der Waals surface area contributed by atoms with Crippen molar-refractivity contribution in [2.45, 2.75) is 92.9 Å². The summed E-state index contributed by atoms with van der Waals surface area (Å²) in [6.07, 6.45) is 4.54. The van der Waals surface area contributed by atoms with Gasteiger partial charge in [0.2, 0.25) is 5.71 Å². The predicted octanol–water partition coefficient (Wildman–Crippen LogP) is 12.1. The third kappa shape index (κ3) is 11.7. The molecule has 7 aromatic carbocycles. The van der Waals surface area contributed by atoms with Gasteiger partial charge in [-0.15, -0.1) is 0 Å². The van der Waals surface area contributed by atoms with Gasteiger partial charge in [0, 0.05) is 66.1 Å². The molecule has 2 aliphatic carbocycles. The maximum absolute atomic E-state index is 14.0. The quantitative estimate of drug-likeness (QED) is 0.0712. The minimum absolute atomic E-state index is 0.0158. The van der Waals surface area contributed by atoms with Crippen molar-refractivity contribution in [3.05, 3.63) is 211 Å². The number of carbonyl (C=O) groups is 2. The normalized spacial score (nSPS) is 13.9. The number of fused-ring (bicyclic) bond motifs is 3. The Hall–Kier alpha value is -7.95. The van der Waals surface area contributed by atoms with Crippen LogP contribution in [0.15, 0.2) is 137 Å². The highest BCUT2D eigenvalue weighted by atomic mass is 32.2. The van der Waals surface area contributed by atoms with Gasteiger partial charge in [-0.1, -0.05) is 72.8 Å². The second-order valence-electron chi connectivity index (χ2n) is 20.5. The maximum atomic E-state index is 14.0. The number of allylic oxidation sites excluding steroid dienone is 3. The molecule has 0 saturated heterocycles. The van der Waals surface area contributed by atoms with E-state index >= 15 is 0 Å². The minimum Gasteiger partial charge on any atom is -0.744 e. The minimum atomic E-state index is -4.82. The van der Waals surface area contributed by atoms with E-state index in [4.69, 9.17) is 0 Å². The fraction of sp³-hybridized carbons (Fsp3) is 0.258. The van der Waals surface area contributed by atoms with Gasteiger partial charge < -0.3 is 25.0 Å². The van der Waals surface area contributed by atoms with Crippen LogP contribution in [0.2, 0.25) is 0 Å². The first kappa shape index (κ1) is 59.2. The van der Waals surface area contributed by atoms with Gasteiger partial charge in [-0.2, -0.15) is 8.42 Å². The lowest BCUT2D eigenvalue weighted by Gasteiger charge is -2.26. The van der Waals surface area contributed by atoms with E-state index in [0.717, 1.165) is 32.7 Å². The molecule has 0 bridgehead atoms. The van der Waals surface area contributed by atoms with Gasteiger partial charge in [0.1, 0.15) is 21.6 Å². The highest BCUT2D eigenvalue weighted by molar-refractivity contribution is 7.86. The van der Waals surface area contributed by atoms with Crippen LogP contribution in [0.4, 0.5) is 34.1 Å². The summed E-state index contributed by atoms with van der Waals surface area (Å²) < 4.78 is 70.6. The summed E-state index contributed by atoms with van der Waals surface area (Å²) in [5.41, 5.74) is 16.4. The zero-order chi connectivity index (χ0) is 58.8. The summed E-state index contributed by atoms with van der Waals surface area (Å²) >= 11 is 0. The first-order valence-corrected chi connectivity index (χ1v) is 30.2. The molecule has 0 atom stereocenters. The Kier molecular flexibility index (Phi) is 17.6. The van der Waals surface area contributed by atoms with Crippen molar-refractivity contribution in [3.8, 4) is 0 Å². The summed E-state index contributed by atoms with van der Waals surface area (Å²) in [4.78, 5) is 35.7. The Balaban J connectivity index is 0.000000216. The summed E-state index contributed by atoms with van der Waals surface area (Å²) in [5.74, 6) is -0.921. The number of nitrogens with one attached hydrogen (secondary N) is 3.